The number of amides is 2. The van der Waals surface area contributed by atoms with Crippen LogP contribution < -0.4 is 9.62 Å². The van der Waals surface area contributed by atoms with Gasteiger partial charge in [0.25, 0.3) is 10.0 Å². The lowest BCUT2D eigenvalue weighted by Gasteiger charge is -2.34. The van der Waals surface area contributed by atoms with Crippen molar-refractivity contribution in [2.24, 2.45) is 0 Å². The average molecular weight is 653 g/mol. The third kappa shape index (κ3) is 8.62. The van der Waals surface area contributed by atoms with Crippen molar-refractivity contribution in [3.63, 3.8) is 0 Å². The predicted octanol–water partition coefficient (Wildman–Crippen LogP) is 6.75. The molecular formula is C34H35Cl2N3O4S. The summed E-state index contributed by atoms with van der Waals surface area (Å²) in [6.07, 6.45) is 1.89. The Morgan fingerprint density at radius 3 is 2.02 bits per heavy atom. The van der Waals surface area contributed by atoms with Crippen LogP contribution in [0.1, 0.15) is 30.9 Å². The topological polar surface area (TPSA) is 86.8 Å². The number of nitrogens with one attached hydrogen (secondary N) is 1. The van der Waals surface area contributed by atoms with Crippen molar-refractivity contribution < 1.29 is 18.0 Å². The highest BCUT2D eigenvalue weighted by Gasteiger charge is 2.34. The largest absolute Gasteiger partial charge is 0.354 e. The van der Waals surface area contributed by atoms with Crippen LogP contribution in [0.2, 0.25) is 10.0 Å². The summed E-state index contributed by atoms with van der Waals surface area (Å²) in [4.78, 5) is 29.7. The van der Waals surface area contributed by atoms with Crippen LogP contribution in [0.3, 0.4) is 0 Å². The monoisotopic (exact) mass is 651 g/mol. The predicted molar refractivity (Wildman–Crippen MR) is 176 cm³/mol. The maximum absolute atomic E-state index is 14.4. The van der Waals surface area contributed by atoms with E-state index in [0.29, 0.717) is 27.8 Å². The van der Waals surface area contributed by atoms with Crippen molar-refractivity contribution in [2.75, 3.05) is 17.4 Å². The summed E-state index contributed by atoms with van der Waals surface area (Å²) in [5.74, 6) is -0.876. The summed E-state index contributed by atoms with van der Waals surface area (Å²) in [6, 6.07) is 29.9. The van der Waals surface area contributed by atoms with Gasteiger partial charge in [-0.1, -0.05) is 109 Å². The average Bonchev–Trinajstić information content (AvgIpc) is 3.04. The highest BCUT2D eigenvalue weighted by molar-refractivity contribution is 7.92. The van der Waals surface area contributed by atoms with Crippen molar-refractivity contribution >= 4 is 50.7 Å². The molecule has 4 aromatic carbocycles. The maximum atomic E-state index is 14.4. The first kappa shape index (κ1) is 33.1. The van der Waals surface area contributed by atoms with E-state index in [-0.39, 0.29) is 23.8 Å². The number of nitrogens with zero attached hydrogens (tertiary/aromatic N) is 2. The first-order valence-corrected chi connectivity index (χ1v) is 16.6. The number of para-hydroxylation sites is 1. The molecule has 230 valence electrons. The second-order valence-electron chi connectivity index (χ2n) is 10.3. The molecule has 0 aliphatic carbocycles. The van der Waals surface area contributed by atoms with Crippen molar-refractivity contribution in [1.82, 2.24) is 10.2 Å². The third-order valence-electron chi connectivity index (χ3n) is 7.09. The van der Waals surface area contributed by atoms with Gasteiger partial charge in [-0.3, -0.25) is 13.9 Å². The van der Waals surface area contributed by atoms with Gasteiger partial charge in [-0.05, 0) is 53.9 Å². The lowest BCUT2D eigenvalue weighted by molar-refractivity contribution is -0.140. The second kappa shape index (κ2) is 15.7. The van der Waals surface area contributed by atoms with E-state index in [2.05, 4.69) is 5.32 Å². The number of benzene rings is 4. The quantitative estimate of drug-likeness (QED) is 0.153. The van der Waals surface area contributed by atoms with Gasteiger partial charge >= 0.3 is 0 Å². The van der Waals surface area contributed by atoms with Gasteiger partial charge in [-0.25, -0.2) is 8.42 Å². The van der Waals surface area contributed by atoms with Crippen LogP contribution in [0.4, 0.5) is 5.69 Å². The molecule has 0 aromatic heterocycles. The van der Waals surface area contributed by atoms with E-state index in [1.165, 1.54) is 17.0 Å². The van der Waals surface area contributed by atoms with Gasteiger partial charge in [-0.2, -0.15) is 0 Å². The van der Waals surface area contributed by atoms with E-state index < -0.39 is 28.5 Å². The van der Waals surface area contributed by atoms with E-state index in [4.69, 9.17) is 23.2 Å². The van der Waals surface area contributed by atoms with Crippen molar-refractivity contribution in [3.05, 3.63) is 130 Å². The Labute approximate surface area is 269 Å². The van der Waals surface area contributed by atoms with E-state index in [9.17, 15) is 18.0 Å². The van der Waals surface area contributed by atoms with Gasteiger partial charge in [0.1, 0.15) is 12.6 Å². The summed E-state index contributed by atoms with van der Waals surface area (Å²) < 4.78 is 29.0. The number of sulfonamides is 1. The fraction of sp³-hybridized carbons (Fsp3) is 0.235. The number of rotatable bonds is 14. The number of hydrogen-bond donors (Lipinski definition) is 1. The smallest absolute Gasteiger partial charge is 0.264 e. The Bertz CT molecular complexity index is 1640. The van der Waals surface area contributed by atoms with Crippen molar-refractivity contribution in [1.29, 1.82) is 0 Å². The number of carbonyl (C=O) groups excluding carboxylic acids is 2. The molecule has 0 radical (unpaired) electrons. The SMILES string of the molecule is CCCCNC(=O)[C@H](Cc1ccccc1)N(Cc1ccc(Cl)c(Cl)c1)C(=O)CN(c1ccccc1)S(=O)(=O)c1ccccc1. The zero-order chi connectivity index (χ0) is 31.5. The highest BCUT2D eigenvalue weighted by Crippen LogP contribution is 2.27. The molecule has 7 nitrogen and oxygen atoms in total. The van der Waals surface area contributed by atoms with E-state index in [0.717, 1.165) is 22.7 Å². The molecule has 0 aliphatic heterocycles. The molecular weight excluding hydrogens is 617 g/mol. The van der Waals surface area contributed by atoms with Gasteiger partial charge in [-0.15, -0.1) is 0 Å². The molecule has 0 bridgehead atoms. The van der Waals surface area contributed by atoms with Gasteiger partial charge < -0.3 is 10.2 Å². The van der Waals surface area contributed by atoms with Gasteiger partial charge in [0.15, 0.2) is 0 Å². The van der Waals surface area contributed by atoms with Crippen LogP contribution in [0.15, 0.2) is 114 Å². The first-order chi connectivity index (χ1) is 21.2. The summed E-state index contributed by atoms with van der Waals surface area (Å²) in [6.45, 7) is 1.95. The highest BCUT2D eigenvalue weighted by atomic mass is 35.5. The zero-order valence-electron chi connectivity index (χ0n) is 24.4. The van der Waals surface area contributed by atoms with Crippen molar-refractivity contribution in [2.45, 2.75) is 43.7 Å². The Balaban J connectivity index is 1.78. The van der Waals surface area contributed by atoms with Crippen LogP contribution in [0, 0.1) is 0 Å². The molecule has 1 N–H and O–H groups in total. The summed E-state index contributed by atoms with van der Waals surface area (Å²) in [7, 11) is -4.14. The van der Waals surface area contributed by atoms with Crippen LogP contribution in [0.5, 0.6) is 0 Å². The minimum Gasteiger partial charge on any atom is -0.354 e. The Hall–Kier alpha value is -3.85. The first-order valence-electron chi connectivity index (χ1n) is 14.4. The lowest BCUT2D eigenvalue weighted by Crippen LogP contribution is -2.53. The molecule has 4 aromatic rings. The molecule has 1 atom stereocenters. The third-order valence-corrected chi connectivity index (χ3v) is 9.62. The lowest BCUT2D eigenvalue weighted by atomic mass is 10.0. The van der Waals surface area contributed by atoms with Crippen molar-refractivity contribution in [3.8, 4) is 0 Å². The minimum absolute atomic E-state index is 0.00242. The molecule has 0 saturated carbocycles. The minimum atomic E-state index is -4.14. The molecule has 0 saturated heterocycles. The van der Waals surface area contributed by atoms with Crippen LogP contribution in [-0.4, -0.2) is 44.3 Å². The van der Waals surface area contributed by atoms with Crippen LogP contribution in [-0.2, 0) is 32.6 Å². The van der Waals surface area contributed by atoms with Crippen LogP contribution in [0.25, 0.3) is 0 Å². The molecule has 4 rings (SSSR count). The number of unbranched alkanes of at least 4 members (excludes halogenated alkanes) is 1. The summed E-state index contributed by atoms with van der Waals surface area (Å²) in [5, 5.41) is 3.64. The second-order valence-corrected chi connectivity index (χ2v) is 13.0. The number of carbonyl (C=O) groups is 2. The van der Waals surface area contributed by atoms with Gasteiger partial charge in [0, 0.05) is 19.5 Å². The molecule has 44 heavy (non-hydrogen) atoms. The van der Waals surface area contributed by atoms with E-state index >= 15 is 0 Å². The molecule has 0 unspecified atom stereocenters. The molecule has 0 spiro atoms. The molecule has 2 amide bonds. The standard InChI is InChI=1S/C34H35Cl2N3O4S/c1-2-3-21-37-34(41)32(23-26-13-7-4-8-14-26)38(24-27-19-20-30(35)31(36)22-27)33(40)25-39(28-15-9-5-10-16-28)44(42,43)29-17-11-6-12-18-29/h4-20,22,32H,2-3,21,23-25H2,1H3,(H,37,41)/t32-/m0/s1. The summed E-state index contributed by atoms with van der Waals surface area (Å²) in [5.41, 5.74) is 1.82. The molecule has 0 aliphatic rings. The molecule has 0 heterocycles. The van der Waals surface area contributed by atoms with Gasteiger partial charge in [0.05, 0.1) is 20.6 Å². The summed E-state index contributed by atoms with van der Waals surface area (Å²) >= 11 is 12.5. The Morgan fingerprint density at radius 1 is 0.795 bits per heavy atom. The number of hydrogen-bond acceptors (Lipinski definition) is 4. The fourth-order valence-corrected chi connectivity index (χ4v) is 6.49. The molecule has 0 fully saturated rings. The van der Waals surface area contributed by atoms with Crippen LogP contribution >= 0.6 is 23.2 Å². The normalized spacial score (nSPS) is 11.9. The number of halogens is 2. The molecule has 10 heteroatoms. The van der Waals surface area contributed by atoms with Gasteiger partial charge in [0.2, 0.25) is 11.8 Å². The maximum Gasteiger partial charge on any atom is 0.264 e. The van der Waals surface area contributed by atoms with E-state index in [1.54, 1.807) is 66.7 Å². The Morgan fingerprint density at radius 2 is 1.41 bits per heavy atom. The fourth-order valence-electron chi connectivity index (χ4n) is 4.74. The Kier molecular flexibility index (Phi) is 11.8. The zero-order valence-corrected chi connectivity index (χ0v) is 26.7. The van der Waals surface area contributed by atoms with E-state index in [1.807, 2.05) is 37.3 Å². The number of anilines is 1.